The normalized spacial score (nSPS) is 22.7. The molecule has 1 fully saturated rings. The van der Waals surface area contributed by atoms with Gasteiger partial charge in [0, 0.05) is 23.7 Å². The van der Waals surface area contributed by atoms with Crippen molar-refractivity contribution in [1.29, 1.82) is 0 Å². The Labute approximate surface area is 146 Å². The number of hydrogen-bond donors (Lipinski definition) is 3. The van der Waals surface area contributed by atoms with E-state index in [1.165, 1.54) is 24.4 Å². The van der Waals surface area contributed by atoms with Crippen molar-refractivity contribution in [3.8, 4) is 0 Å². The number of rotatable bonds is 5. The van der Waals surface area contributed by atoms with Gasteiger partial charge in [0.15, 0.2) is 0 Å². The van der Waals surface area contributed by atoms with Crippen LogP contribution in [0.1, 0.15) is 35.2 Å². The van der Waals surface area contributed by atoms with Gasteiger partial charge in [0.05, 0.1) is 6.10 Å². The molecule has 132 valence electrons. The Bertz CT molecular complexity index is 751. The molecule has 0 radical (unpaired) electrons. The van der Waals surface area contributed by atoms with Gasteiger partial charge in [0.2, 0.25) is 0 Å². The molecule has 1 aromatic heterocycles. The first-order chi connectivity index (χ1) is 12.0. The zero-order valence-corrected chi connectivity index (χ0v) is 13.9. The lowest BCUT2D eigenvalue weighted by molar-refractivity contribution is 0.0500. The second-order valence-corrected chi connectivity index (χ2v) is 6.73. The standard InChI is InChI=1S/C19H22FN3O2/c20-15-5-3-13(4-6-15)11-19(8-1-2-16(19)24)12-23-18(25)14-7-9-22-17(21)10-14/h3-7,9-10,16,24H,1-2,8,11-12H2,(H2,21,22)(H,23,25). The summed E-state index contributed by atoms with van der Waals surface area (Å²) in [6, 6.07) is 9.42. The first-order valence-corrected chi connectivity index (χ1v) is 8.41. The maximum atomic E-state index is 13.1. The van der Waals surface area contributed by atoms with Crippen molar-refractivity contribution < 1.29 is 14.3 Å². The number of anilines is 1. The van der Waals surface area contributed by atoms with Gasteiger partial charge in [0.1, 0.15) is 11.6 Å². The van der Waals surface area contributed by atoms with E-state index in [0.717, 1.165) is 18.4 Å². The largest absolute Gasteiger partial charge is 0.392 e. The first kappa shape index (κ1) is 17.4. The van der Waals surface area contributed by atoms with Gasteiger partial charge in [-0.15, -0.1) is 0 Å². The number of aromatic nitrogens is 1. The number of carbonyl (C=O) groups excluding carboxylic acids is 1. The van der Waals surface area contributed by atoms with Crippen molar-refractivity contribution in [2.75, 3.05) is 12.3 Å². The van der Waals surface area contributed by atoms with E-state index < -0.39 is 11.5 Å². The number of nitrogens with two attached hydrogens (primary N) is 1. The highest BCUT2D eigenvalue weighted by Gasteiger charge is 2.42. The fourth-order valence-electron chi connectivity index (χ4n) is 3.55. The third-order valence-electron chi connectivity index (χ3n) is 4.97. The Hall–Kier alpha value is -2.47. The van der Waals surface area contributed by atoms with Gasteiger partial charge >= 0.3 is 0 Å². The second-order valence-electron chi connectivity index (χ2n) is 6.73. The van der Waals surface area contributed by atoms with E-state index in [2.05, 4.69) is 10.3 Å². The number of hydrogen-bond acceptors (Lipinski definition) is 4. The average molecular weight is 343 g/mol. The molecule has 5 nitrogen and oxygen atoms in total. The van der Waals surface area contributed by atoms with Crippen molar-refractivity contribution in [3.05, 3.63) is 59.5 Å². The average Bonchev–Trinajstić information content (AvgIpc) is 2.95. The number of aliphatic hydroxyl groups excluding tert-OH is 1. The summed E-state index contributed by atoms with van der Waals surface area (Å²) in [6.07, 6.45) is 4.00. The smallest absolute Gasteiger partial charge is 0.251 e. The molecule has 0 bridgehead atoms. The molecule has 0 spiro atoms. The van der Waals surface area contributed by atoms with E-state index in [1.54, 1.807) is 18.2 Å². The van der Waals surface area contributed by atoms with Crippen LogP contribution in [-0.4, -0.2) is 28.6 Å². The highest BCUT2D eigenvalue weighted by atomic mass is 19.1. The molecule has 1 saturated carbocycles. The lowest BCUT2D eigenvalue weighted by Gasteiger charge is -2.33. The number of nitrogens with zero attached hydrogens (tertiary/aromatic N) is 1. The summed E-state index contributed by atoms with van der Waals surface area (Å²) >= 11 is 0. The predicted molar refractivity (Wildman–Crippen MR) is 93.4 cm³/mol. The van der Waals surface area contributed by atoms with E-state index in [-0.39, 0.29) is 17.5 Å². The van der Waals surface area contributed by atoms with Crippen LogP contribution in [0.5, 0.6) is 0 Å². The number of nitrogens with one attached hydrogen (secondary N) is 1. The van der Waals surface area contributed by atoms with Crippen molar-refractivity contribution in [3.63, 3.8) is 0 Å². The zero-order valence-electron chi connectivity index (χ0n) is 13.9. The predicted octanol–water partition coefficient (Wildman–Crippen LogP) is 2.31. The quantitative estimate of drug-likeness (QED) is 0.777. The summed E-state index contributed by atoms with van der Waals surface area (Å²) in [5.41, 5.74) is 6.57. The molecule has 1 amide bonds. The molecule has 0 saturated heterocycles. The Morgan fingerprint density at radius 3 is 2.76 bits per heavy atom. The van der Waals surface area contributed by atoms with Gasteiger partial charge in [-0.2, -0.15) is 0 Å². The van der Waals surface area contributed by atoms with Crippen LogP contribution in [0.15, 0.2) is 42.6 Å². The number of benzene rings is 1. The van der Waals surface area contributed by atoms with E-state index in [0.29, 0.717) is 24.9 Å². The molecular weight excluding hydrogens is 321 g/mol. The number of amides is 1. The molecule has 1 aliphatic rings. The molecule has 2 unspecified atom stereocenters. The summed E-state index contributed by atoms with van der Waals surface area (Å²) < 4.78 is 13.1. The summed E-state index contributed by atoms with van der Waals surface area (Å²) in [6.45, 7) is 0.354. The molecule has 25 heavy (non-hydrogen) atoms. The van der Waals surface area contributed by atoms with Crippen LogP contribution in [0, 0.1) is 11.2 Å². The summed E-state index contributed by atoms with van der Waals surface area (Å²) in [5.74, 6) is -0.241. The van der Waals surface area contributed by atoms with Crippen LogP contribution in [-0.2, 0) is 6.42 Å². The summed E-state index contributed by atoms with van der Waals surface area (Å²) in [7, 11) is 0. The van der Waals surface area contributed by atoms with Gasteiger partial charge in [-0.3, -0.25) is 4.79 Å². The van der Waals surface area contributed by atoms with Crippen LogP contribution in [0.4, 0.5) is 10.2 Å². The van der Waals surface area contributed by atoms with E-state index >= 15 is 0 Å². The van der Waals surface area contributed by atoms with Crippen LogP contribution in [0.25, 0.3) is 0 Å². The molecule has 2 aromatic rings. The Morgan fingerprint density at radius 1 is 1.36 bits per heavy atom. The second kappa shape index (κ2) is 7.19. The lowest BCUT2D eigenvalue weighted by atomic mass is 9.78. The third kappa shape index (κ3) is 3.96. The fourth-order valence-corrected chi connectivity index (χ4v) is 3.55. The monoisotopic (exact) mass is 343 g/mol. The van der Waals surface area contributed by atoms with Crippen molar-refractivity contribution >= 4 is 11.7 Å². The van der Waals surface area contributed by atoms with Gasteiger partial charge in [-0.1, -0.05) is 18.6 Å². The Kier molecular flexibility index (Phi) is 4.99. The topological polar surface area (TPSA) is 88.2 Å². The molecule has 3 rings (SSSR count). The lowest BCUT2D eigenvalue weighted by Crippen LogP contribution is -2.44. The molecule has 4 N–H and O–H groups in total. The van der Waals surface area contributed by atoms with Gasteiger partial charge < -0.3 is 16.2 Å². The molecule has 0 aliphatic heterocycles. The molecule has 2 atom stereocenters. The van der Waals surface area contributed by atoms with Crippen LogP contribution >= 0.6 is 0 Å². The maximum Gasteiger partial charge on any atom is 0.251 e. The van der Waals surface area contributed by atoms with Crippen molar-refractivity contribution in [2.45, 2.75) is 31.8 Å². The number of aliphatic hydroxyl groups is 1. The van der Waals surface area contributed by atoms with E-state index in [4.69, 9.17) is 5.73 Å². The van der Waals surface area contributed by atoms with Gasteiger partial charge in [0.25, 0.3) is 5.91 Å². The third-order valence-corrected chi connectivity index (χ3v) is 4.97. The minimum Gasteiger partial charge on any atom is -0.392 e. The number of nitrogen functional groups attached to an aromatic ring is 1. The van der Waals surface area contributed by atoms with Crippen LogP contribution < -0.4 is 11.1 Å². The van der Waals surface area contributed by atoms with Gasteiger partial charge in [-0.25, -0.2) is 9.37 Å². The van der Waals surface area contributed by atoms with Gasteiger partial charge in [-0.05, 0) is 49.1 Å². The number of pyridine rings is 1. The Morgan fingerprint density at radius 2 is 2.12 bits per heavy atom. The first-order valence-electron chi connectivity index (χ1n) is 8.41. The highest BCUT2D eigenvalue weighted by Crippen LogP contribution is 2.41. The van der Waals surface area contributed by atoms with Crippen LogP contribution in [0.2, 0.25) is 0 Å². The molecule has 1 heterocycles. The molecule has 1 aliphatic carbocycles. The number of carbonyl (C=O) groups is 1. The fraction of sp³-hybridized carbons (Fsp3) is 0.368. The SMILES string of the molecule is Nc1cc(C(=O)NCC2(Cc3ccc(F)cc3)CCCC2O)ccn1. The van der Waals surface area contributed by atoms with Crippen molar-refractivity contribution in [2.24, 2.45) is 5.41 Å². The zero-order chi connectivity index (χ0) is 17.9. The van der Waals surface area contributed by atoms with Crippen molar-refractivity contribution in [1.82, 2.24) is 10.3 Å². The van der Waals surface area contributed by atoms with E-state index in [1.807, 2.05) is 0 Å². The maximum absolute atomic E-state index is 13.1. The molecule has 6 heteroatoms. The minimum atomic E-state index is -0.500. The van der Waals surface area contributed by atoms with Crippen LogP contribution in [0.3, 0.4) is 0 Å². The molecule has 1 aromatic carbocycles. The Balaban J connectivity index is 1.73. The summed E-state index contributed by atoms with van der Waals surface area (Å²) in [4.78, 5) is 16.2. The highest BCUT2D eigenvalue weighted by molar-refractivity contribution is 5.94. The number of halogens is 1. The summed E-state index contributed by atoms with van der Waals surface area (Å²) in [5, 5.41) is 13.4. The van der Waals surface area contributed by atoms with E-state index in [9.17, 15) is 14.3 Å². The minimum absolute atomic E-state index is 0.244. The molecular formula is C19H22FN3O2.